The summed E-state index contributed by atoms with van der Waals surface area (Å²) in [4.78, 5) is 25.3. The molecule has 2 aromatic carbocycles. The molecule has 9 heteroatoms. The van der Waals surface area contributed by atoms with Gasteiger partial charge in [-0.25, -0.2) is 13.2 Å². The van der Waals surface area contributed by atoms with Gasteiger partial charge in [-0.2, -0.15) is 4.31 Å². The normalized spacial score (nSPS) is 17.2. The van der Waals surface area contributed by atoms with Crippen molar-refractivity contribution in [1.82, 2.24) is 8.87 Å². The lowest BCUT2D eigenvalue weighted by atomic mass is 10.1. The molecule has 3 aromatic rings. The summed E-state index contributed by atoms with van der Waals surface area (Å²) >= 11 is 0. The van der Waals surface area contributed by atoms with Crippen molar-refractivity contribution in [2.24, 2.45) is 5.73 Å². The van der Waals surface area contributed by atoms with Crippen LogP contribution < -0.4 is 11.3 Å². The van der Waals surface area contributed by atoms with Gasteiger partial charge in [0.25, 0.3) is 5.56 Å². The lowest BCUT2D eigenvalue weighted by Gasteiger charge is -2.19. The molecule has 8 nitrogen and oxygen atoms in total. The summed E-state index contributed by atoms with van der Waals surface area (Å²) in [6, 6.07) is 12.9. The van der Waals surface area contributed by atoms with E-state index in [0.717, 1.165) is 0 Å². The number of hydrogen-bond donors (Lipinski definition) is 1. The number of carbonyl (C=O) groups excluding carboxylic acids is 1. The van der Waals surface area contributed by atoms with E-state index in [-0.39, 0.29) is 29.6 Å². The fourth-order valence-corrected chi connectivity index (χ4v) is 5.63. The highest BCUT2D eigenvalue weighted by atomic mass is 32.2. The molecule has 1 aromatic heterocycles. The highest BCUT2D eigenvalue weighted by Crippen LogP contribution is 2.28. The number of nitrogens with two attached hydrogens (primary N) is 1. The van der Waals surface area contributed by atoms with Gasteiger partial charge in [-0.15, -0.1) is 0 Å². The maximum atomic E-state index is 13.2. The number of fused-ring (bicyclic) bond motifs is 1. The number of esters is 1. The quantitative estimate of drug-likeness (QED) is 0.605. The third-order valence-corrected chi connectivity index (χ3v) is 7.32. The van der Waals surface area contributed by atoms with Crippen LogP contribution in [0.1, 0.15) is 22.3 Å². The predicted octanol–water partition coefficient (Wildman–Crippen LogP) is 1.85. The molecule has 2 heterocycles. The highest BCUT2D eigenvalue weighted by molar-refractivity contribution is 7.89. The van der Waals surface area contributed by atoms with E-state index in [9.17, 15) is 18.0 Å². The maximum Gasteiger partial charge on any atom is 0.339 e. The van der Waals surface area contributed by atoms with E-state index < -0.39 is 21.6 Å². The van der Waals surface area contributed by atoms with Gasteiger partial charge in [0.2, 0.25) is 10.0 Å². The van der Waals surface area contributed by atoms with Crippen LogP contribution in [0.4, 0.5) is 0 Å². The first-order valence-corrected chi connectivity index (χ1v) is 11.3. The van der Waals surface area contributed by atoms with Gasteiger partial charge < -0.3 is 10.5 Å². The number of nitrogens with zero attached hydrogens (tertiary/aromatic N) is 2. The lowest BCUT2D eigenvalue weighted by molar-refractivity contribution is 0.0366. The minimum Gasteiger partial charge on any atom is -0.440 e. The first kappa shape index (κ1) is 21.2. The van der Waals surface area contributed by atoms with Crippen LogP contribution >= 0.6 is 0 Å². The van der Waals surface area contributed by atoms with Crippen LogP contribution in [-0.2, 0) is 21.5 Å². The largest absolute Gasteiger partial charge is 0.440 e. The minimum absolute atomic E-state index is 0.0853. The smallest absolute Gasteiger partial charge is 0.339 e. The monoisotopic (exact) mass is 441 g/mol. The first-order chi connectivity index (χ1) is 14.8. The van der Waals surface area contributed by atoms with E-state index in [1.807, 2.05) is 0 Å². The molecule has 0 spiro atoms. The van der Waals surface area contributed by atoms with E-state index >= 15 is 0 Å². The summed E-state index contributed by atoms with van der Waals surface area (Å²) in [5.74, 6) is -0.549. The molecule has 0 amide bonds. The van der Waals surface area contributed by atoms with Gasteiger partial charge in [-0.3, -0.25) is 9.36 Å². The first-order valence-electron chi connectivity index (χ1n) is 9.89. The molecule has 4 rings (SSSR count). The molecule has 0 aliphatic carbocycles. The average molecular weight is 442 g/mol. The number of rotatable bonds is 5. The van der Waals surface area contributed by atoms with E-state index in [1.54, 1.807) is 49.4 Å². The van der Waals surface area contributed by atoms with Crippen LogP contribution in [0.25, 0.3) is 10.8 Å². The Morgan fingerprint density at radius 3 is 2.58 bits per heavy atom. The van der Waals surface area contributed by atoms with E-state index in [2.05, 4.69) is 0 Å². The number of pyridine rings is 1. The SMILES string of the molecule is Cc1cn(COC(=O)c2ccccc2)c(=O)c2cccc(S(=O)(=O)N3CCC(N)C3)c12. The Morgan fingerprint density at radius 1 is 1.16 bits per heavy atom. The Morgan fingerprint density at radius 2 is 1.90 bits per heavy atom. The molecule has 1 saturated heterocycles. The van der Waals surface area contributed by atoms with Crippen molar-refractivity contribution >= 4 is 26.8 Å². The van der Waals surface area contributed by atoms with Crippen molar-refractivity contribution in [2.75, 3.05) is 13.1 Å². The van der Waals surface area contributed by atoms with Crippen LogP contribution in [0.5, 0.6) is 0 Å². The molecule has 31 heavy (non-hydrogen) atoms. The summed E-state index contributed by atoms with van der Waals surface area (Å²) in [7, 11) is -3.79. The molecule has 162 valence electrons. The molecule has 1 aliphatic heterocycles. The molecule has 1 unspecified atom stereocenters. The highest BCUT2D eigenvalue weighted by Gasteiger charge is 2.32. The summed E-state index contributed by atoms with van der Waals surface area (Å²) < 4.78 is 34.3. The molecule has 0 saturated carbocycles. The third-order valence-electron chi connectivity index (χ3n) is 5.41. The summed E-state index contributed by atoms with van der Waals surface area (Å²) in [6.07, 6.45) is 2.11. The Labute approximate surface area is 179 Å². The molecule has 2 N–H and O–H groups in total. The van der Waals surface area contributed by atoms with E-state index in [0.29, 0.717) is 29.5 Å². The Balaban J connectivity index is 1.70. The molecular weight excluding hydrogens is 418 g/mol. The number of sulfonamides is 1. The zero-order chi connectivity index (χ0) is 22.2. The second-order valence-corrected chi connectivity index (χ2v) is 9.51. The molecule has 1 aliphatic rings. The number of benzene rings is 2. The standard InChI is InChI=1S/C22H23N3O5S/c1-15-12-24(14-30-22(27)16-6-3-2-4-7-16)21(26)18-8-5-9-19(20(15)18)31(28,29)25-11-10-17(23)13-25/h2-9,12,17H,10-11,13-14,23H2,1H3. The van der Waals surface area contributed by atoms with Gasteiger partial charge in [0.15, 0.2) is 6.73 Å². The Bertz CT molecular complexity index is 1300. The van der Waals surface area contributed by atoms with Crippen LogP contribution in [0, 0.1) is 6.92 Å². The van der Waals surface area contributed by atoms with Crippen LogP contribution in [0.2, 0.25) is 0 Å². The second-order valence-electron chi connectivity index (χ2n) is 7.60. The number of aryl methyl sites for hydroxylation is 1. The van der Waals surface area contributed by atoms with Crippen LogP contribution in [-0.4, -0.2) is 42.4 Å². The average Bonchev–Trinajstić information content (AvgIpc) is 3.22. The van der Waals surface area contributed by atoms with Gasteiger partial charge in [0.1, 0.15) is 0 Å². The van der Waals surface area contributed by atoms with Gasteiger partial charge >= 0.3 is 5.97 Å². The van der Waals surface area contributed by atoms with Crippen molar-refractivity contribution in [3.8, 4) is 0 Å². The number of hydrogen-bond acceptors (Lipinski definition) is 6. The number of aromatic nitrogens is 1. The molecule has 0 radical (unpaired) electrons. The predicted molar refractivity (Wildman–Crippen MR) is 116 cm³/mol. The number of carbonyl (C=O) groups is 1. The maximum absolute atomic E-state index is 13.2. The minimum atomic E-state index is -3.79. The molecule has 1 atom stereocenters. The zero-order valence-electron chi connectivity index (χ0n) is 17.0. The van der Waals surface area contributed by atoms with Crippen molar-refractivity contribution < 1.29 is 17.9 Å². The zero-order valence-corrected chi connectivity index (χ0v) is 17.8. The summed E-state index contributed by atoms with van der Waals surface area (Å²) in [6.45, 7) is 2.06. The van der Waals surface area contributed by atoms with Crippen LogP contribution in [0.3, 0.4) is 0 Å². The third kappa shape index (κ3) is 3.99. The summed E-state index contributed by atoms with van der Waals surface area (Å²) in [5, 5.41) is 0.624. The second kappa shape index (κ2) is 8.26. The lowest BCUT2D eigenvalue weighted by Crippen LogP contribution is -2.32. The van der Waals surface area contributed by atoms with Gasteiger partial charge in [0.05, 0.1) is 10.5 Å². The van der Waals surface area contributed by atoms with Crippen molar-refractivity contribution in [2.45, 2.75) is 31.0 Å². The van der Waals surface area contributed by atoms with E-state index in [1.165, 1.54) is 21.1 Å². The topological polar surface area (TPSA) is 112 Å². The van der Waals surface area contributed by atoms with Crippen molar-refractivity contribution in [3.05, 3.63) is 76.2 Å². The van der Waals surface area contributed by atoms with Gasteiger partial charge in [-0.1, -0.05) is 24.3 Å². The fourth-order valence-electron chi connectivity index (χ4n) is 3.84. The van der Waals surface area contributed by atoms with Gasteiger partial charge in [0, 0.05) is 36.1 Å². The summed E-state index contributed by atoms with van der Waals surface area (Å²) in [5.41, 5.74) is 6.42. The Kier molecular flexibility index (Phi) is 5.65. The van der Waals surface area contributed by atoms with E-state index in [4.69, 9.17) is 10.5 Å². The fraction of sp³-hybridized carbons (Fsp3) is 0.273. The van der Waals surface area contributed by atoms with Crippen molar-refractivity contribution in [1.29, 1.82) is 0 Å². The van der Waals surface area contributed by atoms with Crippen LogP contribution in [0.15, 0.2) is 64.4 Å². The van der Waals surface area contributed by atoms with Crippen molar-refractivity contribution in [3.63, 3.8) is 0 Å². The molecule has 0 bridgehead atoms. The van der Waals surface area contributed by atoms with Gasteiger partial charge in [-0.05, 0) is 43.2 Å². The Hall–Kier alpha value is -3.01. The molecular formula is C22H23N3O5S. The molecule has 1 fully saturated rings. The number of ether oxygens (including phenoxy) is 1.